The fourth-order valence-corrected chi connectivity index (χ4v) is 3.34. The second kappa shape index (κ2) is 9.76. The summed E-state index contributed by atoms with van der Waals surface area (Å²) in [5.74, 6) is 0. The molecule has 0 saturated carbocycles. The van der Waals surface area contributed by atoms with Crippen LogP contribution < -0.4 is 0 Å². The molecule has 4 rings (SSSR count). The van der Waals surface area contributed by atoms with E-state index in [-0.39, 0.29) is 0 Å². The lowest BCUT2D eigenvalue weighted by atomic mass is 10.1. The van der Waals surface area contributed by atoms with Gasteiger partial charge in [0.2, 0.25) is 0 Å². The van der Waals surface area contributed by atoms with E-state index in [2.05, 4.69) is 46.4 Å². The minimum atomic E-state index is 0.663. The van der Waals surface area contributed by atoms with Gasteiger partial charge in [0.05, 0.1) is 24.6 Å². The maximum Gasteiger partial charge on any atom is 0.0704 e. The molecule has 0 saturated heterocycles. The fraction of sp³-hybridized carbons (Fsp3) is 0.154. The summed E-state index contributed by atoms with van der Waals surface area (Å²) in [5.41, 5.74) is 2.01. The molecule has 0 fully saturated rings. The Balaban J connectivity index is 1.21. The first-order valence-electron chi connectivity index (χ1n) is 10.0. The van der Waals surface area contributed by atoms with E-state index >= 15 is 0 Å². The van der Waals surface area contributed by atoms with E-state index in [1.165, 1.54) is 21.5 Å². The van der Waals surface area contributed by atoms with Crippen LogP contribution in [0, 0.1) is 0 Å². The third-order valence-corrected chi connectivity index (χ3v) is 4.78. The van der Waals surface area contributed by atoms with Crippen LogP contribution in [-0.2, 0) is 4.74 Å². The van der Waals surface area contributed by atoms with E-state index in [0.717, 1.165) is 24.2 Å². The summed E-state index contributed by atoms with van der Waals surface area (Å²) >= 11 is 0. The Morgan fingerprint density at radius 3 is 1.52 bits per heavy atom. The number of hydrogen-bond donors (Lipinski definition) is 0. The highest BCUT2D eigenvalue weighted by Gasteiger charge is 1.98. The molecule has 0 aromatic heterocycles. The van der Waals surface area contributed by atoms with Crippen molar-refractivity contribution in [1.82, 2.24) is 0 Å². The second-order valence-electron chi connectivity index (χ2n) is 6.81. The highest BCUT2D eigenvalue weighted by atomic mass is 16.5. The lowest BCUT2D eigenvalue weighted by Crippen LogP contribution is -1.97. The first-order valence-corrected chi connectivity index (χ1v) is 10.0. The molecular weight excluding hydrogens is 356 g/mol. The van der Waals surface area contributed by atoms with E-state index in [9.17, 15) is 0 Å². The van der Waals surface area contributed by atoms with Crippen LogP contribution in [0.3, 0.4) is 0 Å². The number of benzene rings is 4. The van der Waals surface area contributed by atoms with Crippen molar-refractivity contribution in [2.75, 3.05) is 13.2 Å². The van der Waals surface area contributed by atoms with Gasteiger partial charge < -0.3 is 4.74 Å². The zero-order chi connectivity index (χ0) is 19.7. The molecule has 4 aromatic rings. The van der Waals surface area contributed by atoms with Crippen molar-refractivity contribution in [2.45, 2.75) is 12.8 Å². The van der Waals surface area contributed by atoms with E-state index in [4.69, 9.17) is 4.74 Å². The summed E-state index contributed by atoms with van der Waals surface area (Å²) in [4.78, 5) is 9.21. The summed E-state index contributed by atoms with van der Waals surface area (Å²) in [5, 5.41) is 4.78. The average molecular weight is 380 g/mol. The first kappa shape index (κ1) is 19.0. The van der Waals surface area contributed by atoms with Crippen molar-refractivity contribution >= 4 is 45.3 Å². The third-order valence-electron chi connectivity index (χ3n) is 4.78. The molecule has 3 nitrogen and oxygen atoms in total. The van der Waals surface area contributed by atoms with Gasteiger partial charge in [0, 0.05) is 36.0 Å². The number of ether oxygens (including phenoxy) is 1. The predicted molar refractivity (Wildman–Crippen MR) is 124 cm³/mol. The van der Waals surface area contributed by atoms with Gasteiger partial charge >= 0.3 is 0 Å². The predicted octanol–water partition coefficient (Wildman–Crippen LogP) is 6.89. The maximum absolute atomic E-state index is 5.70. The molecule has 0 aliphatic rings. The molecule has 0 amide bonds. The molecule has 0 radical (unpaired) electrons. The number of aliphatic imine (C=N–C) groups is 2. The Morgan fingerprint density at radius 2 is 1.00 bits per heavy atom. The van der Waals surface area contributed by atoms with Crippen molar-refractivity contribution in [3.05, 3.63) is 84.9 Å². The van der Waals surface area contributed by atoms with Gasteiger partial charge in [0.25, 0.3) is 0 Å². The van der Waals surface area contributed by atoms with Crippen LogP contribution in [0.15, 0.2) is 94.9 Å². The lowest BCUT2D eigenvalue weighted by molar-refractivity contribution is 0.149. The Morgan fingerprint density at radius 1 is 0.552 bits per heavy atom. The molecular formula is C26H24N2O. The Labute approximate surface area is 171 Å². The number of rotatable bonds is 8. The van der Waals surface area contributed by atoms with Crippen molar-refractivity contribution in [3.63, 3.8) is 0 Å². The van der Waals surface area contributed by atoms with Crippen molar-refractivity contribution in [1.29, 1.82) is 0 Å². The fourth-order valence-electron chi connectivity index (χ4n) is 3.34. The summed E-state index contributed by atoms with van der Waals surface area (Å²) in [6.07, 6.45) is 5.46. The number of fused-ring (bicyclic) bond motifs is 2. The topological polar surface area (TPSA) is 34.0 Å². The zero-order valence-electron chi connectivity index (χ0n) is 16.4. The summed E-state index contributed by atoms with van der Waals surface area (Å²) in [6, 6.07) is 29.0. The molecule has 29 heavy (non-hydrogen) atoms. The van der Waals surface area contributed by atoms with E-state index in [1.54, 1.807) is 0 Å². The van der Waals surface area contributed by atoms with Crippen LogP contribution in [0.1, 0.15) is 12.8 Å². The Kier molecular flexibility index (Phi) is 6.41. The van der Waals surface area contributed by atoms with Crippen LogP contribution in [0.25, 0.3) is 21.5 Å². The van der Waals surface area contributed by atoms with Crippen LogP contribution in [-0.4, -0.2) is 25.6 Å². The molecule has 0 N–H and O–H groups in total. The Bertz CT molecular complexity index is 1050. The SMILES string of the molecule is C(CCOCCC=Nc1cccc2ccccc12)=Nc1cccc2ccccc12. The highest BCUT2D eigenvalue weighted by molar-refractivity contribution is 5.94. The van der Waals surface area contributed by atoms with Gasteiger partial charge in [-0.25, -0.2) is 0 Å². The molecule has 0 spiro atoms. The normalized spacial score (nSPS) is 11.9. The lowest BCUT2D eigenvalue weighted by Gasteiger charge is -2.02. The van der Waals surface area contributed by atoms with Crippen molar-refractivity contribution < 1.29 is 4.74 Å². The van der Waals surface area contributed by atoms with Gasteiger partial charge in [-0.2, -0.15) is 0 Å². The quantitative estimate of drug-likeness (QED) is 0.242. The van der Waals surface area contributed by atoms with Gasteiger partial charge in [0.15, 0.2) is 0 Å². The smallest absolute Gasteiger partial charge is 0.0704 e. The van der Waals surface area contributed by atoms with Gasteiger partial charge in [-0.1, -0.05) is 72.8 Å². The molecule has 144 valence electrons. The molecule has 3 heteroatoms. The summed E-state index contributed by atoms with van der Waals surface area (Å²) in [6.45, 7) is 1.33. The van der Waals surface area contributed by atoms with Gasteiger partial charge in [-0.15, -0.1) is 0 Å². The molecule has 0 aliphatic carbocycles. The molecule has 0 heterocycles. The molecule has 0 bridgehead atoms. The Hall–Kier alpha value is -3.30. The van der Waals surface area contributed by atoms with Crippen molar-refractivity contribution in [2.24, 2.45) is 9.98 Å². The summed E-state index contributed by atoms with van der Waals surface area (Å²) < 4.78 is 5.70. The molecule has 0 unspecified atom stereocenters. The first-order chi connectivity index (χ1) is 14.4. The largest absolute Gasteiger partial charge is 0.381 e. The van der Waals surface area contributed by atoms with Gasteiger partial charge in [0.1, 0.15) is 0 Å². The van der Waals surface area contributed by atoms with E-state index in [1.807, 2.05) is 61.0 Å². The number of nitrogens with zero attached hydrogens (tertiary/aromatic N) is 2. The molecule has 0 atom stereocenters. The maximum atomic E-state index is 5.70. The molecule has 0 aliphatic heterocycles. The minimum absolute atomic E-state index is 0.663. The third kappa shape index (κ3) is 4.95. The van der Waals surface area contributed by atoms with Crippen LogP contribution >= 0.6 is 0 Å². The van der Waals surface area contributed by atoms with Crippen molar-refractivity contribution in [3.8, 4) is 0 Å². The minimum Gasteiger partial charge on any atom is -0.381 e. The second-order valence-corrected chi connectivity index (χ2v) is 6.81. The average Bonchev–Trinajstić information content (AvgIpc) is 2.78. The number of hydrogen-bond acceptors (Lipinski definition) is 3. The highest BCUT2D eigenvalue weighted by Crippen LogP contribution is 2.26. The summed E-state index contributed by atoms with van der Waals surface area (Å²) in [7, 11) is 0. The van der Waals surface area contributed by atoms with Gasteiger partial charge in [-0.05, 0) is 22.9 Å². The monoisotopic (exact) mass is 380 g/mol. The van der Waals surface area contributed by atoms with Gasteiger partial charge in [-0.3, -0.25) is 9.98 Å². The van der Waals surface area contributed by atoms with Crippen LogP contribution in [0.5, 0.6) is 0 Å². The standard InChI is InChI=1S/C26H24N2O/c1-3-13-23-21(9-1)11-5-15-25(23)27-17-7-19-29-20-8-18-28-26-16-6-12-22-10-2-4-14-24(22)26/h1-6,9-18H,7-8,19-20H2. The zero-order valence-corrected chi connectivity index (χ0v) is 16.4. The molecule has 4 aromatic carbocycles. The van der Waals surface area contributed by atoms with E-state index in [0.29, 0.717) is 13.2 Å². The van der Waals surface area contributed by atoms with Crippen LogP contribution in [0.4, 0.5) is 11.4 Å². The van der Waals surface area contributed by atoms with E-state index < -0.39 is 0 Å². The van der Waals surface area contributed by atoms with Crippen LogP contribution in [0.2, 0.25) is 0 Å².